The SMILES string of the molecule is C=C.C=C/C(=C\C)C(=O)N1CCSc2ccc(C(=O)NC(C)(C)C)cc21. The van der Waals surface area contributed by atoms with E-state index in [9.17, 15) is 9.59 Å². The zero-order valence-corrected chi connectivity index (χ0v) is 16.9. The van der Waals surface area contributed by atoms with E-state index < -0.39 is 0 Å². The van der Waals surface area contributed by atoms with Gasteiger partial charge in [0.05, 0.1) is 5.69 Å². The van der Waals surface area contributed by atoms with Gasteiger partial charge in [0.15, 0.2) is 0 Å². The Balaban J connectivity index is 0.00000163. The van der Waals surface area contributed by atoms with Gasteiger partial charge in [0.2, 0.25) is 0 Å². The fourth-order valence-electron chi connectivity index (χ4n) is 2.47. The van der Waals surface area contributed by atoms with Crippen molar-refractivity contribution in [1.29, 1.82) is 0 Å². The molecule has 1 N–H and O–H groups in total. The van der Waals surface area contributed by atoms with Crippen LogP contribution < -0.4 is 10.2 Å². The molecule has 0 aliphatic carbocycles. The number of nitrogens with one attached hydrogen (secondary N) is 1. The van der Waals surface area contributed by atoms with Crippen molar-refractivity contribution in [2.24, 2.45) is 0 Å². The Morgan fingerprint density at radius 1 is 1.27 bits per heavy atom. The zero-order valence-electron chi connectivity index (χ0n) is 16.1. The van der Waals surface area contributed by atoms with Crippen molar-refractivity contribution < 1.29 is 9.59 Å². The van der Waals surface area contributed by atoms with E-state index >= 15 is 0 Å². The molecule has 26 heavy (non-hydrogen) atoms. The van der Waals surface area contributed by atoms with E-state index in [1.165, 1.54) is 0 Å². The predicted molar refractivity (Wildman–Crippen MR) is 112 cm³/mol. The van der Waals surface area contributed by atoms with Crippen molar-refractivity contribution in [3.05, 3.63) is 61.2 Å². The predicted octanol–water partition coefficient (Wildman–Crippen LogP) is 4.59. The largest absolute Gasteiger partial charge is 0.347 e. The van der Waals surface area contributed by atoms with Crippen molar-refractivity contribution in [3.63, 3.8) is 0 Å². The molecule has 1 aromatic rings. The summed E-state index contributed by atoms with van der Waals surface area (Å²) in [7, 11) is 0. The van der Waals surface area contributed by atoms with Gasteiger partial charge in [0.1, 0.15) is 0 Å². The van der Waals surface area contributed by atoms with E-state index in [-0.39, 0.29) is 17.4 Å². The molecule has 0 unspecified atom stereocenters. The molecule has 4 nitrogen and oxygen atoms in total. The normalized spacial score (nSPS) is 13.8. The number of anilines is 1. The lowest BCUT2D eigenvalue weighted by Gasteiger charge is -2.30. The average Bonchev–Trinajstić information content (AvgIpc) is 2.62. The molecule has 0 aromatic heterocycles. The van der Waals surface area contributed by atoms with Gasteiger partial charge in [-0.3, -0.25) is 9.59 Å². The van der Waals surface area contributed by atoms with Gasteiger partial charge in [-0.2, -0.15) is 0 Å². The Bertz CT molecular complexity index is 717. The number of fused-ring (bicyclic) bond motifs is 1. The summed E-state index contributed by atoms with van der Waals surface area (Å²) in [5.41, 5.74) is 1.61. The van der Waals surface area contributed by atoms with Crippen LogP contribution in [0.2, 0.25) is 0 Å². The van der Waals surface area contributed by atoms with E-state index in [1.54, 1.807) is 34.9 Å². The Morgan fingerprint density at radius 3 is 2.46 bits per heavy atom. The minimum Gasteiger partial charge on any atom is -0.347 e. The third kappa shape index (κ3) is 5.36. The number of thioether (sulfide) groups is 1. The number of amides is 2. The fourth-order valence-corrected chi connectivity index (χ4v) is 3.44. The molecule has 140 valence electrons. The van der Waals surface area contributed by atoms with Crippen molar-refractivity contribution >= 4 is 29.3 Å². The molecule has 0 bridgehead atoms. The molecule has 1 aromatic carbocycles. The summed E-state index contributed by atoms with van der Waals surface area (Å²) in [6.45, 7) is 18.0. The van der Waals surface area contributed by atoms with E-state index in [0.717, 1.165) is 16.3 Å². The van der Waals surface area contributed by atoms with Crippen LogP contribution in [0.1, 0.15) is 38.1 Å². The topological polar surface area (TPSA) is 49.4 Å². The maximum atomic E-state index is 12.7. The quantitative estimate of drug-likeness (QED) is 0.480. The molecule has 0 radical (unpaired) electrons. The van der Waals surface area contributed by atoms with Gasteiger partial charge in [0, 0.05) is 33.9 Å². The van der Waals surface area contributed by atoms with E-state index in [4.69, 9.17) is 0 Å². The number of hydrogen-bond donors (Lipinski definition) is 1. The third-order valence-electron chi connectivity index (χ3n) is 3.60. The first kappa shape index (κ1) is 21.8. The zero-order chi connectivity index (χ0) is 19.9. The maximum Gasteiger partial charge on any atom is 0.257 e. The number of carbonyl (C=O) groups is 2. The van der Waals surface area contributed by atoms with E-state index in [0.29, 0.717) is 17.7 Å². The number of rotatable bonds is 3. The number of allylic oxidation sites excluding steroid dienone is 1. The number of carbonyl (C=O) groups excluding carboxylic acids is 2. The molecule has 5 heteroatoms. The molecule has 1 heterocycles. The first-order chi connectivity index (χ1) is 12.3. The minimum absolute atomic E-state index is 0.0811. The lowest BCUT2D eigenvalue weighted by molar-refractivity contribution is -0.114. The van der Waals surface area contributed by atoms with Crippen LogP contribution in [0.25, 0.3) is 0 Å². The summed E-state index contributed by atoms with van der Waals surface area (Å²) < 4.78 is 0. The molecule has 0 saturated heterocycles. The van der Waals surface area contributed by atoms with Gasteiger partial charge in [0.25, 0.3) is 11.8 Å². The van der Waals surface area contributed by atoms with Crippen molar-refractivity contribution in [3.8, 4) is 0 Å². The van der Waals surface area contributed by atoms with Crippen LogP contribution in [-0.4, -0.2) is 29.7 Å². The van der Waals surface area contributed by atoms with Crippen LogP contribution in [0.3, 0.4) is 0 Å². The minimum atomic E-state index is -0.307. The smallest absolute Gasteiger partial charge is 0.257 e. The number of hydrogen-bond acceptors (Lipinski definition) is 3. The second-order valence-corrected chi connectivity index (χ2v) is 7.78. The summed E-state index contributed by atoms with van der Waals surface area (Å²) in [4.78, 5) is 27.9. The van der Waals surface area contributed by atoms with Crippen LogP contribution in [-0.2, 0) is 4.79 Å². The van der Waals surface area contributed by atoms with E-state index in [1.807, 2.05) is 39.8 Å². The molecule has 0 spiro atoms. The second-order valence-electron chi connectivity index (χ2n) is 6.64. The molecule has 2 amide bonds. The fraction of sp³-hybridized carbons (Fsp3) is 0.333. The van der Waals surface area contributed by atoms with Crippen LogP contribution in [0.15, 0.2) is 60.6 Å². The average molecular weight is 373 g/mol. The Kier molecular flexibility index (Phi) is 7.90. The van der Waals surface area contributed by atoms with Crippen LogP contribution >= 0.6 is 11.8 Å². The molecule has 0 atom stereocenters. The first-order valence-electron chi connectivity index (χ1n) is 8.47. The molecule has 0 fully saturated rings. The molecule has 2 rings (SSSR count). The summed E-state index contributed by atoms with van der Waals surface area (Å²) in [5, 5.41) is 2.95. The van der Waals surface area contributed by atoms with Gasteiger partial charge < -0.3 is 10.2 Å². The van der Waals surface area contributed by atoms with E-state index in [2.05, 4.69) is 25.1 Å². The van der Waals surface area contributed by atoms with Crippen molar-refractivity contribution in [2.75, 3.05) is 17.2 Å². The second kappa shape index (κ2) is 9.43. The summed E-state index contributed by atoms with van der Waals surface area (Å²) in [6, 6.07) is 5.53. The highest BCUT2D eigenvalue weighted by molar-refractivity contribution is 7.99. The number of nitrogens with zero attached hydrogens (tertiary/aromatic N) is 1. The van der Waals surface area contributed by atoms with Gasteiger partial charge in [-0.15, -0.1) is 24.9 Å². The highest BCUT2D eigenvalue weighted by Crippen LogP contribution is 2.36. The molecule has 1 aliphatic rings. The van der Waals surface area contributed by atoms with Crippen LogP contribution in [0.5, 0.6) is 0 Å². The standard InChI is InChI=1S/C19H24N2O2S.C2H4/c1-6-13(7-2)18(23)21-10-11-24-16-9-8-14(12-15(16)21)17(22)20-19(3,4)5;1-2/h6-9,12H,1,10-11H2,2-5H3,(H,20,22);1-2H2/b13-7+;. The van der Waals surface area contributed by atoms with Gasteiger partial charge in [-0.05, 0) is 45.9 Å². The monoisotopic (exact) mass is 372 g/mol. The lowest BCUT2D eigenvalue weighted by atomic mass is 10.1. The highest BCUT2D eigenvalue weighted by atomic mass is 32.2. The molecule has 1 aliphatic heterocycles. The lowest BCUT2D eigenvalue weighted by Crippen LogP contribution is -2.41. The van der Waals surface area contributed by atoms with Crippen LogP contribution in [0.4, 0.5) is 5.69 Å². The van der Waals surface area contributed by atoms with Crippen LogP contribution in [0, 0.1) is 0 Å². The van der Waals surface area contributed by atoms with Gasteiger partial charge in [-0.1, -0.05) is 18.7 Å². The molecular weight excluding hydrogens is 344 g/mol. The Labute approximate surface area is 161 Å². The molecular formula is C21H28N2O2S. The third-order valence-corrected chi connectivity index (χ3v) is 4.64. The first-order valence-corrected chi connectivity index (χ1v) is 9.45. The Hall–Kier alpha value is -2.27. The highest BCUT2D eigenvalue weighted by Gasteiger charge is 2.26. The maximum absolute atomic E-state index is 12.7. The van der Waals surface area contributed by atoms with Gasteiger partial charge >= 0.3 is 0 Å². The summed E-state index contributed by atoms with van der Waals surface area (Å²) in [5.74, 6) is 0.617. The van der Waals surface area contributed by atoms with Crippen molar-refractivity contribution in [2.45, 2.75) is 38.1 Å². The summed E-state index contributed by atoms with van der Waals surface area (Å²) in [6.07, 6.45) is 3.33. The van der Waals surface area contributed by atoms with Crippen molar-refractivity contribution in [1.82, 2.24) is 5.32 Å². The Morgan fingerprint density at radius 2 is 1.92 bits per heavy atom. The molecule has 0 saturated carbocycles. The van der Waals surface area contributed by atoms with Gasteiger partial charge in [-0.25, -0.2) is 0 Å². The number of benzene rings is 1. The summed E-state index contributed by atoms with van der Waals surface area (Å²) >= 11 is 1.70.